The van der Waals surface area contributed by atoms with E-state index in [2.05, 4.69) is 34.5 Å². The maximum absolute atomic E-state index is 12.7. The maximum atomic E-state index is 12.7. The molecule has 6 nitrogen and oxygen atoms in total. The predicted octanol–water partition coefficient (Wildman–Crippen LogP) is 4.21. The number of nitrogens with zero attached hydrogens (tertiary/aromatic N) is 2. The molecule has 0 aliphatic carbocycles. The van der Waals surface area contributed by atoms with Crippen molar-refractivity contribution >= 4 is 17.7 Å². The second-order valence-electron chi connectivity index (χ2n) is 9.61. The number of rotatable bonds is 4. The number of esters is 1. The Hall–Kier alpha value is -2.86. The van der Waals surface area contributed by atoms with Gasteiger partial charge < -0.3 is 10.1 Å². The van der Waals surface area contributed by atoms with E-state index in [0.717, 1.165) is 38.2 Å². The molecule has 0 saturated carbocycles. The normalized spacial score (nSPS) is 18.8. The smallest absolute Gasteiger partial charge is 0.338 e. The maximum Gasteiger partial charge on any atom is 0.338 e. The van der Waals surface area contributed by atoms with E-state index < -0.39 is 5.60 Å². The largest absolute Gasteiger partial charge is 0.456 e. The Bertz CT molecular complexity index is 927. The van der Waals surface area contributed by atoms with Gasteiger partial charge in [0, 0.05) is 25.3 Å². The summed E-state index contributed by atoms with van der Waals surface area (Å²) in [7, 11) is 0. The molecule has 2 aromatic rings. The number of hydrogen-bond acceptors (Lipinski definition) is 4. The quantitative estimate of drug-likeness (QED) is 0.752. The van der Waals surface area contributed by atoms with Crippen molar-refractivity contribution in [3.05, 3.63) is 65.7 Å². The molecule has 164 valence electrons. The van der Waals surface area contributed by atoms with E-state index in [0.29, 0.717) is 12.1 Å². The number of piperidine rings is 1. The molecule has 4 rings (SSSR count). The average Bonchev–Trinajstić information content (AvgIpc) is 3.05. The van der Waals surface area contributed by atoms with Crippen LogP contribution in [-0.4, -0.2) is 47.7 Å². The molecule has 2 aliphatic heterocycles. The summed E-state index contributed by atoms with van der Waals surface area (Å²) in [4.78, 5) is 29.2. The molecule has 0 bridgehead atoms. The number of likely N-dealkylation sites (tertiary alicyclic amines) is 1. The molecule has 0 radical (unpaired) electrons. The first-order chi connectivity index (χ1) is 14.7. The average molecular weight is 422 g/mol. The zero-order valence-corrected chi connectivity index (χ0v) is 18.6. The van der Waals surface area contributed by atoms with Gasteiger partial charge in [-0.1, -0.05) is 30.3 Å². The van der Waals surface area contributed by atoms with Gasteiger partial charge in [-0.15, -0.1) is 0 Å². The van der Waals surface area contributed by atoms with Crippen molar-refractivity contribution in [2.75, 3.05) is 24.5 Å². The van der Waals surface area contributed by atoms with Crippen LogP contribution in [0, 0.1) is 0 Å². The molecule has 6 heteroatoms. The van der Waals surface area contributed by atoms with E-state index in [1.54, 1.807) is 17.0 Å². The highest BCUT2D eigenvalue weighted by Gasteiger charge is 2.44. The van der Waals surface area contributed by atoms with E-state index in [4.69, 9.17) is 4.74 Å². The van der Waals surface area contributed by atoms with Gasteiger partial charge in [-0.2, -0.15) is 0 Å². The number of anilines is 1. The minimum Gasteiger partial charge on any atom is -0.456 e. The number of benzene rings is 2. The van der Waals surface area contributed by atoms with E-state index in [-0.39, 0.29) is 17.5 Å². The first kappa shape index (κ1) is 21.4. The first-order valence-corrected chi connectivity index (χ1v) is 10.9. The Morgan fingerprint density at radius 2 is 1.68 bits per heavy atom. The molecule has 2 amide bonds. The number of amides is 2. The second-order valence-corrected chi connectivity index (χ2v) is 9.61. The zero-order valence-electron chi connectivity index (χ0n) is 18.6. The summed E-state index contributed by atoms with van der Waals surface area (Å²) in [5, 5.41) is 3.24. The van der Waals surface area contributed by atoms with Gasteiger partial charge >= 0.3 is 12.0 Å². The van der Waals surface area contributed by atoms with Crippen LogP contribution in [0.15, 0.2) is 54.6 Å². The lowest BCUT2D eigenvalue weighted by Crippen LogP contribution is -2.52. The number of carbonyl (C=O) groups excluding carboxylic acids is 2. The van der Waals surface area contributed by atoms with Crippen LogP contribution in [0.2, 0.25) is 0 Å². The van der Waals surface area contributed by atoms with Crippen molar-refractivity contribution < 1.29 is 14.3 Å². The van der Waals surface area contributed by atoms with Gasteiger partial charge in [0.2, 0.25) is 0 Å². The fraction of sp³-hybridized carbons (Fsp3) is 0.440. The molecule has 2 fully saturated rings. The summed E-state index contributed by atoms with van der Waals surface area (Å²) in [5.41, 5.74) is 1.89. The molecule has 0 atom stereocenters. The van der Waals surface area contributed by atoms with E-state index >= 15 is 0 Å². The highest BCUT2D eigenvalue weighted by Crippen LogP contribution is 2.32. The van der Waals surface area contributed by atoms with E-state index in [1.165, 1.54) is 5.56 Å². The molecular formula is C25H31N3O3. The first-order valence-electron chi connectivity index (χ1n) is 10.9. The summed E-state index contributed by atoms with van der Waals surface area (Å²) in [6.07, 6.45) is 1.86. The predicted molar refractivity (Wildman–Crippen MR) is 121 cm³/mol. The second kappa shape index (κ2) is 8.35. The van der Waals surface area contributed by atoms with Crippen molar-refractivity contribution in [2.24, 2.45) is 0 Å². The fourth-order valence-electron chi connectivity index (χ4n) is 4.30. The molecule has 31 heavy (non-hydrogen) atoms. The van der Waals surface area contributed by atoms with Crippen molar-refractivity contribution in [1.82, 2.24) is 10.2 Å². The third-order valence-electron chi connectivity index (χ3n) is 5.95. The minimum atomic E-state index is -0.535. The Labute approximate surface area is 184 Å². The summed E-state index contributed by atoms with van der Waals surface area (Å²) in [5.74, 6) is -0.354. The molecule has 1 spiro atoms. The van der Waals surface area contributed by atoms with Gasteiger partial charge in [-0.05, 0) is 63.4 Å². The van der Waals surface area contributed by atoms with Gasteiger partial charge in [0.05, 0.1) is 17.6 Å². The van der Waals surface area contributed by atoms with Crippen LogP contribution in [-0.2, 0) is 11.3 Å². The van der Waals surface area contributed by atoms with Crippen LogP contribution >= 0.6 is 0 Å². The highest BCUT2D eigenvalue weighted by molar-refractivity contribution is 5.96. The van der Waals surface area contributed by atoms with Crippen molar-refractivity contribution in [1.29, 1.82) is 0 Å². The van der Waals surface area contributed by atoms with E-state index in [9.17, 15) is 9.59 Å². The SMILES string of the molecule is CC(C)(C)OC(=O)c1ccc(N2CC3(CCN(Cc4ccccc4)CC3)NC2=O)cc1. The lowest BCUT2D eigenvalue weighted by Gasteiger charge is -2.38. The van der Waals surface area contributed by atoms with Crippen molar-refractivity contribution in [3.63, 3.8) is 0 Å². The monoisotopic (exact) mass is 421 g/mol. The van der Waals surface area contributed by atoms with Crippen LogP contribution in [0.3, 0.4) is 0 Å². The Balaban J connectivity index is 1.37. The Morgan fingerprint density at radius 1 is 1.03 bits per heavy atom. The van der Waals surface area contributed by atoms with Gasteiger partial charge in [-0.25, -0.2) is 9.59 Å². The molecule has 2 aliphatic rings. The van der Waals surface area contributed by atoms with Crippen molar-refractivity contribution in [2.45, 2.75) is 51.3 Å². The van der Waals surface area contributed by atoms with Gasteiger partial charge in [-0.3, -0.25) is 9.80 Å². The van der Waals surface area contributed by atoms with Crippen LogP contribution in [0.25, 0.3) is 0 Å². The zero-order chi connectivity index (χ0) is 22.1. The molecular weight excluding hydrogens is 390 g/mol. The summed E-state index contributed by atoms with van der Waals surface area (Å²) >= 11 is 0. The number of urea groups is 1. The number of carbonyl (C=O) groups is 2. The summed E-state index contributed by atoms with van der Waals surface area (Å²) in [6.45, 7) is 9.05. The Morgan fingerprint density at radius 3 is 2.29 bits per heavy atom. The molecule has 2 aromatic carbocycles. The van der Waals surface area contributed by atoms with Gasteiger partial charge in [0.1, 0.15) is 5.60 Å². The number of nitrogens with one attached hydrogen (secondary N) is 1. The van der Waals surface area contributed by atoms with Crippen LogP contribution in [0.4, 0.5) is 10.5 Å². The minimum absolute atomic E-state index is 0.0680. The molecule has 1 N–H and O–H groups in total. The summed E-state index contributed by atoms with van der Waals surface area (Å²) in [6, 6.07) is 17.5. The van der Waals surface area contributed by atoms with Crippen LogP contribution < -0.4 is 10.2 Å². The third kappa shape index (κ3) is 5.07. The van der Waals surface area contributed by atoms with Crippen molar-refractivity contribution in [3.8, 4) is 0 Å². The van der Waals surface area contributed by atoms with Gasteiger partial charge in [0.15, 0.2) is 0 Å². The van der Waals surface area contributed by atoms with E-state index in [1.807, 2.05) is 39.0 Å². The lowest BCUT2D eigenvalue weighted by atomic mass is 9.88. The number of hydrogen-bond donors (Lipinski definition) is 1. The molecule has 0 aromatic heterocycles. The van der Waals surface area contributed by atoms with Crippen LogP contribution in [0.1, 0.15) is 49.5 Å². The molecule has 0 unspecified atom stereocenters. The highest BCUT2D eigenvalue weighted by atomic mass is 16.6. The Kier molecular flexibility index (Phi) is 5.75. The topological polar surface area (TPSA) is 61.9 Å². The fourth-order valence-corrected chi connectivity index (χ4v) is 4.30. The van der Waals surface area contributed by atoms with Crippen LogP contribution in [0.5, 0.6) is 0 Å². The molecule has 2 saturated heterocycles. The summed E-state index contributed by atoms with van der Waals surface area (Å²) < 4.78 is 5.42. The lowest BCUT2D eigenvalue weighted by molar-refractivity contribution is 0.00695. The number of ether oxygens (including phenoxy) is 1. The molecule has 2 heterocycles. The van der Waals surface area contributed by atoms with Gasteiger partial charge in [0.25, 0.3) is 0 Å². The third-order valence-corrected chi connectivity index (χ3v) is 5.95. The standard InChI is InChI=1S/C25H31N3O3/c1-24(2,3)31-22(29)20-9-11-21(12-10-20)28-18-25(26-23(28)30)13-15-27(16-14-25)17-19-7-5-4-6-8-19/h4-12H,13-18H2,1-3H3,(H,26,30).